The molecular weight excluding hydrogens is 291 g/mol. The molecule has 1 saturated carbocycles. The van der Waals surface area contributed by atoms with Crippen LogP contribution < -0.4 is 11.1 Å². The first-order valence-electron chi connectivity index (χ1n) is 7.35. The van der Waals surface area contributed by atoms with Crippen LogP contribution in [0.2, 0.25) is 0 Å². The van der Waals surface area contributed by atoms with E-state index < -0.39 is 0 Å². The minimum Gasteiger partial charge on any atom is -0.353 e. The van der Waals surface area contributed by atoms with Gasteiger partial charge in [-0.15, -0.1) is 12.4 Å². The van der Waals surface area contributed by atoms with Crippen LogP contribution in [0.25, 0.3) is 0 Å². The lowest BCUT2D eigenvalue weighted by atomic mass is 9.91. The van der Waals surface area contributed by atoms with Crippen molar-refractivity contribution in [3.63, 3.8) is 0 Å². The second-order valence-electron chi connectivity index (χ2n) is 5.86. The van der Waals surface area contributed by atoms with Gasteiger partial charge in [-0.1, -0.05) is 19.1 Å². The number of hydrogen-bond donors (Lipinski definition) is 2. The lowest BCUT2D eigenvalue weighted by molar-refractivity contribution is -0.125. The summed E-state index contributed by atoms with van der Waals surface area (Å²) >= 11 is 0. The summed E-state index contributed by atoms with van der Waals surface area (Å²) in [4.78, 5) is 12.1. The fraction of sp³-hybridized carbons (Fsp3) is 0.562. The maximum atomic E-state index is 13.1. The average Bonchev–Trinajstić information content (AvgIpc) is 2.41. The summed E-state index contributed by atoms with van der Waals surface area (Å²) in [6, 6.07) is 6.97. The molecule has 3 nitrogen and oxygen atoms in total. The summed E-state index contributed by atoms with van der Waals surface area (Å²) in [7, 11) is 0. The molecule has 0 heterocycles. The molecule has 1 fully saturated rings. The SMILES string of the molecule is CC(Cc1cccc(F)c1)C(=O)NC1CCC(N)CC1.Cl. The Labute approximate surface area is 131 Å². The summed E-state index contributed by atoms with van der Waals surface area (Å²) in [5.74, 6) is -0.349. The Balaban J connectivity index is 0.00000220. The number of nitrogens with one attached hydrogen (secondary N) is 1. The topological polar surface area (TPSA) is 55.1 Å². The normalized spacial score (nSPS) is 23.0. The zero-order chi connectivity index (χ0) is 14.5. The number of benzene rings is 1. The van der Waals surface area contributed by atoms with Crippen LogP contribution in [0, 0.1) is 11.7 Å². The quantitative estimate of drug-likeness (QED) is 0.898. The Bertz CT molecular complexity index is 461. The van der Waals surface area contributed by atoms with Gasteiger partial charge in [0.05, 0.1) is 0 Å². The highest BCUT2D eigenvalue weighted by molar-refractivity contribution is 5.85. The van der Waals surface area contributed by atoms with Crippen LogP contribution in [-0.4, -0.2) is 18.0 Å². The van der Waals surface area contributed by atoms with Crippen molar-refractivity contribution in [3.8, 4) is 0 Å². The molecule has 1 unspecified atom stereocenters. The third-order valence-electron chi connectivity index (χ3n) is 4.00. The molecule has 1 aromatic rings. The number of amides is 1. The van der Waals surface area contributed by atoms with E-state index in [4.69, 9.17) is 5.73 Å². The van der Waals surface area contributed by atoms with Crippen molar-refractivity contribution in [2.45, 2.75) is 51.1 Å². The van der Waals surface area contributed by atoms with Crippen LogP contribution in [-0.2, 0) is 11.2 Å². The monoisotopic (exact) mass is 314 g/mol. The van der Waals surface area contributed by atoms with Gasteiger partial charge >= 0.3 is 0 Å². The minimum absolute atomic E-state index is 0. The molecule has 5 heteroatoms. The van der Waals surface area contributed by atoms with Crippen LogP contribution in [0.15, 0.2) is 24.3 Å². The number of rotatable bonds is 4. The highest BCUT2D eigenvalue weighted by atomic mass is 35.5. The van der Waals surface area contributed by atoms with Gasteiger partial charge < -0.3 is 11.1 Å². The fourth-order valence-electron chi connectivity index (χ4n) is 2.72. The molecule has 0 aliphatic heterocycles. The number of nitrogens with two attached hydrogens (primary N) is 1. The van der Waals surface area contributed by atoms with Crippen LogP contribution >= 0.6 is 12.4 Å². The summed E-state index contributed by atoms with van der Waals surface area (Å²) in [5.41, 5.74) is 6.72. The van der Waals surface area contributed by atoms with Gasteiger partial charge in [0, 0.05) is 18.0 Å². The third-order valence-corrected chi connectivity index (χ3v) is 4.00. The van der Waals surface area contributed by atoms with Crippen molar-refractivity contribution in [1.29, 1.82) is 0 Å². The van der Waals surface area contributed by atoms with Crippen LogP contribution in [0.5, 0.6) is 0 Å². The standard InChI is InChI=1S/C16H23FN2O.ClH/c1-11(9-12-3-2-4-13(17)10-12)16(20)19-15-7-5-14(18)6-8-15;/h2-4,10-11,14-15H,5-9,18H2,1H3,(H,19,20);1H. The summed E-state index contributed by atoms with van der Waals surface area (Å²) in [6.45, 7) is 1.88. The Morgan fingerprint density at radius 1 is 1.38 bits per heavy atom. The Morgan fingerprint density at radius 2 is 2.05 bits per heavy atom. The van der Waals surface area contributed by atoms with Gasteiger partial charge in [-0.2, -0.15) is 0 Å². The molecule has 0 bridgehead atoms. The van der Waals surface area contributed by atoms with Crippen molar-refractivity contribution in [2.75, 3.05) is 0 Å². The molecule has 0 aromatic heterocycles. The number of carbonyl (C=O) groups is 1. The van der Waals surface area contributed by atoms with Gasteiger partial charge in [-0.3, -0.25) is 4.79 Å². The van der Waals surface area contributed by atoms with Crippen molar-refractivity contribution >= 4 is 18.3 Å². The Morgan fingerprint density at radius 3 is 2.67 bits per heavy atom. The molecule has 21 heavy (non-hydrogen) atoms. The van der Waals surface area contributed by atoms with Gasteiger partial charge in [0.1, 0.15) is 5.82 Å². The van der Waals surface area contributed by atoms with E-state index in [-0.39, 0.29) is 42.1 Å². The van der Waals surface area contributed by atoms with E-state index in [2.05, 4.69) is 5.32 Å². The van der Waals surface area contributed by atoms with E-state index in [1.807, 2.05) is 13.0 Å². The van der Waals surface area contributed by atoms with E-state index in [1.54, 1.807) is 6.07 Å². The van der Waals surface area contributed by atoms with Crippen LogP contribution in [0.3, 0.4) is 0 Å². The lowest BCUT2D eigenvalue weighted by Crippen LogP contribution is -2.42. The molecule has 118 valence electrons. The van der Waals surface area contributed by atoms with Crippen molar-refractivity contribution < 1.29 is 9.18 Å². The molecule has 3 N–H and O–H groups in total. The van der Waals surface area contributed by atoms with Crippen molar-refractivity contribution in [2.24, 2.45) is 11.7 Å². The predicted octanol–water partition coefficient (Wildman–Crippen LogP) is 2.81. The van der Waals surface area contributed by atoms with E-state index in [0.29, 0.717) is 6.42 Å². The maximum absolute atomic E-state index is 13.1. The first-order chi connectivity index (χ1) is 9.54. The minimum atomic E-state index is -0.253. The molecule has 1 aromatic carbocycles. The highest BCUT2D eigenvalue weighted by Crippen LogP contribution is 2.18. The first-order valence-corrected chi connectivity index (χ1v) is 7.35. The number of carbonyl (C=O) groups excluding carboxylic acids is 1. The van der Waals surface area contributed by atoms with E-state index in [0.717, 1.165) is 31.2 Å². The van der Waals surface area contributed by atoms with E-state index in [1.165, 1.54) is 12.1 Å². The smallest absolute Gasteiger partial charge is 0.223 e. The molecule has 1 atom stereocenters. The van der Waals surface area contributed by atoms with Crippen molar-refractivity contribution in [1.82, 2.24) is 5.32 Å². The van der Waals surface area contributed by atoms with E-state index >= 15 is 0 Å². The fourth-order valence-corrected chi connectivity index (χ4v) is 2.72. The van der Waals surface area contributed by atoms with Crippen LogP contribution in [0.4, 0.5) is 4.39 Å². The maximum Gasteiger partial charge on any atom is 0.223 e. The molecule has 1 aliphatic carbocycles. The zero-order valence-corrected chi connectivity index (χ0v) is 13.2. The number of hydrogen-bond acceptors (Lipinski definition) is 2. The van der Waals surface area contributed by atoms with Crippen molar-refractivity contribution in [3.05, 3.63) is 35.6 Å². The largest absolute Gasteiger partial charge is 0.353 e. The second kappa shape index (κ2) is 8.35. The molecule has 0 spiro atoms. The van der Waals surface area contributed by atoms with Gasteiger partial charge in [-0.25, -0.2) is 4.39 Å². The number of halogens is 2. The van der Waals surface area contributed by atoms with Crippen LogP contribution in [0.1, 0.15) is 38.2 Å². The second-order valence-corrected chi connectivity index (χ2v) is 5.86. The summed E-state index contributed by atoms with van der Waals surface area (Å²) in [5, 5.41) is 3.09. The molecule has 1 aliphatic rings. The summed E-state index contributed by atoms with van der Waals surface area (Å²) in [6.07, 6.45) is 4.43. The molecular formula is C16H24ClFN2O. The van der Waals surface area contributed by atoms with Gasteiger partial charge in [0.25, 0.3) is 0 Å². The van der Waals surface area contributed by atoms with Gasteiger partial charge in [0.2, 0.25) is 5.91 Å². The Kier molecular flexibility index (Phi) is 7.12. The molecule has 0 saturated heterocycles. The molecule has 0 radical (unpaired) electrons. The third kappa shape index (κ3) is 5.64. The molecule has 2 rings (SSSR count). The zero-order valence-electron chi connectivity index (χ0n) is 12.3. The molecule has 1 amide bonds. The highest BCUT2D eigenvalue weighted by Gasteiger charge is 2.22. The predicted molar refractivity (Wildman–Crippen MR) is 84.9 cm³/mol. The Hall–Kier alpha value is -1.13. The average molecular weight is 315 g/mol. The van der Waals surface area contributed by atoms with Gasteiger partial charge in [0.15, 0.2) is 0 Å². The lowest BCUT2D eigenvalue weighted by Gasteiger charge is -2.27. The summed E-state index contributed by atoms with van der Waals surface area (Å²) < 4.78 is 13.1. The van der Waals surface area contributed by atoms with Gasteiger partial charge in [-0.05, 0) is 49.8 Å². The first kappa shape index (κ1) is 17.9. The van der Waals surface area contributed by atoms with E-state index in [9.17, 15) is 9.18 Å².